The summed E-state index contributed by atoms with van der Waals surface area (Å²) in [5, 5.41) is 0. The van der Waals surface area contributed by atoms with Crippen LogP contribution in [0.1, 0.15) is 93.9 Å². The molecule has 156 valence electrons. The second-order valence-corrected chi connectivity index (χ2v) is 7.71. The molecule has 0 heterocycles. The standard InChI is InChI=1S/C19H38O7/c1-9-11-13-18(5,6)25-23-15(3)21-17(20)22-16(4)24-26-19(7,8)14-12-10-2/h15-16H,9-14H2,1-8H3. The van der Waals surface area contributed by atoms with Crippen LogP contribution in [0.25, 0.3) is 0 Å². The van der Waals surface area contributed by atoms with Crippen molar-refractivity contribution in [3.63, 3.8) is 0 Å². The van der Waals surface area contributed by atoms with E-state index in [0.717, 1.165) is 38.5 Å². The second kappa shape index (κ2) is 12.5. The third kappa shape index (κ3) is 13.3. The van der Waals surface area contributed by atoms with E-state index in [9.17, 15) is 4.79 Å². The van der Waals surface area contributed by atoms with Crippen molar-refractivity contribution in [1.82, 2.24) is 0 Å². The zero-order valence-electron chi connectivity index (χ0n) is 17.8. The number of unbranched alkanes of at least 4 members (excludes halogenated alkanes) is 2. The second-order valence-electron chi connectivity index (χ2n) is 7.71. The van der Waals surface area contributed by atoms with Gasteiger partial charge < -0.3 is 9.47 Å². The van der Waals surface area contributed by atoms with Gasteiger partial charge in [-0.1, -0.05) is 39.5 Å². The molecular formula is C19H38O7. The molecule has 0 saturated carbocycles. The van der Waals surface area contributed by atoms with Gasteiger partial charge in [0.05, 0.1) is 11.2 Å². The Morgan fingerprint density at radius 2 is 1.12 bits per heavy atom. The number of carbonyl (C=O) groups is 1. The highest BCUT2D eigenvalue weighted by molar-refractivity contribution is 5.60. The van der Waals surface area contributed by atoms with Gasteiger partial charge in [0.25, 0.3) is 0 Å². The van der Waals surface area contributed by atoms with E-state index in [0.29, 0.717) is 0 Å². The van der Waals surface area contributed by atoms with Crippen molar-refractivity contribution in [2.75, 3.05) is 0 Å². The summed E-state index contributed by atoms with van der Waals surface area (Å²) in [6, 6.07) is 0. The van der Waals surface area contributed by atoms with Gasteiger partial charge in [0.2, 0.25) is 12.6 Å². The fraction of sp³-hybridized carbons (Fsp3) is 0.947. The fourth-order valence-electron chi connectivity index (χ4n) is 2.02. The van der Waals surface area contributed by atoms with Gasteiger partial charge >= 0.3 is 6.16 Å². The molecule has 2 unspecified atom stereocenters. The van der Waals surface area contributed by atoms with Crippen LogP contribution < -0.4 is 0 Å². The first-order valence-electron chi connectivity index (χ1n) is 9.57. The molecule has 0 radical (unpaired) electrons. The van der Waals surface area contributed by atoms with Crippen LogP contribution in [0.4, 0.5) is 4.79 Å². The van der Waals surface area contributed by atoms with Gasteiger partial charge in [0.15, 0.2) is 0 Å². The first-order valence-corrected chi connectivity index (χ1v) is 9.57. The lowest BCUT2D eigenvalue weighted by Crippen LogP contribution is -2.31. The van der Waals surface area contributed by atoms with Crippen LogP contribution in [0, 0.1) is 0 Å². The summed E-state index contributed by atoms with van der Waals surface area (Å²) in [6.07, 6.45) is 3.15. The first-order chi connectivity index (χ1) is 12.0. The normalized spacial score (nSPS) is 14.8. The van der Waals surface area contributed by atoms with E-state index in [4.69, 9.17) is 29.0 Å². The highest BCUT2D eigenvalue weighted by Gasteiger charge is 2.24. The maximum absolute atomic E-state index is 11.7. The summed E-state index contributed by atoms with van der Waals surface area (Å²) >= 11 is 0. The minimum absolute atomic E-state index is 0.453. The first kappa shape index (κ1) is 25.1. The van der Waals surface area contributed by atoms with Gasteiger partial charge in [0, 0.05) is 13.8 Å². The summed E-state index contributed by atoms with van der Waals surface area (Å²) in [7, 11) is 0. The molecule has 2 atom stereocenters. The molecule has 0 spiro atoms. The van der Waals surface area contributed by atoms with Crippen molar-refractivity contribution < 1.29 is 33.8 Å². The predicted molar refractivity (Wildman–Crippen MR) is 98.0 cm³/mol. The molecule has 0 saturated heterocycles. The van der Waals surface area contributed by atoms with Crippen molar-refractivity contribution >= 4 is 6.16 Å². The van der Waals surface area contributed by atoms with Crippen LogP contribution in [-0.4, -0.2) is 29.9 Å². The summed E-state index contributed by atoms with van der Waals surface area (Å²) in [6.45, 7) is 15.0. The Labute approximate surface area is 158 Å². The quantitative estimate of drug-likeness (QED) is 0.167. The molecule has 0 N–H and O–H groups in total. The molecule has 7 heteroatoms. The Bertz CT molecular complexity index is 348. The van der Waals surface area contributed by atoms with Crippen LogP contribution in [0.15, 0.2) is 0 Å². The Kier molecular flexibility index (Phi) is 12.1. The van der Waals surface area contributed by atoms with Crippen LogP contribution in [-0.2, 0) is 29.0 Å². The van der Waals surface area contributed by atoms with Gasteiger partial charge in [-0.25, -0.2) is 14.6 Å². The van der Waals surface area contributed by atoms with Gasteiger partial charge in [-0.05, 0) is 40.5 Å². The summed E-state index contributed by atoms with van der Waals surface area (Å²) < 4.78 is 9.95. The molecule has 0 aromatic heterocycles. The van der Waals surface area contributed by atoms with E-state index >= 15 is 0 Å². The molecule has 26 heavy (non-hydrogen) atoms. The molecule has 0 aromatic rings. The van der Waals surface area contributed by atoms with E-state index in [1.807, 2.05) is 27.7 Å². The molecule has 0 aliphatic rings. The Balaban J connectivity index is 4.08. The van der Waals surface area contributed by atoms with E-state index in [1.165, 1.54) is 0 Å². The third-order valence-corrected chi connectivity index (χ3v) is 3.61. The van der Waals surface area contributed by atoms with E-state index in [-0.39, 0.29) is 0 Å². The van der Waals surface area contributed by atoms with Gasteiger partial charge in [-0.3, -0.25) is 0 Å². The minimum atomic E-state index is -0.921. The molecule has 0 aliphatic heterocycles. The SMILES string of the molecule is CCCCC(C)(C)OOC(C)OC(=O)OC(C)OOC(C)(C)CCCC. The van der Waals surface area contributed by atoms with Crippen LogP contribution in [0.5, 0.6) is 0 Å². The molecule has 0 bridgehead atoms. The number of rotatable bonds is 14. The van der Waals surface area contributed by atoms with E-state index in [2.05, 4.69) is 13.8 Å². The Morgan fingerprint density at radius 3 is 1.42 bits per heavy atom. The Hall–Kier alpha value is -0.890. The predicted octanol–water partition coefficient (Wildman–Crippen LogP) is 5.67. The van der Waals surface area contributed by atoms with E-state index in [1.54, 1.807) is 13.8 Å². The van der Waals surface area contributed by atoms with Crippen molar-refractivity contribution in [2.45, 2.75) is 118 Å². The molecule has 7 nitrogen and oxygen atoms in total. The molecule has 0 amide bonds. The largest absolute Gasteiger partial charge is 0.513 e. The van der Waals surface area contributed by atoms with E-state index < -0.39 is 29.9 Å². The highest BCUT2D eigenvalue weighted by Crippen LogP contribution is 2.20. The number of ether oxygens (including phenoxy) is 2. The monoisotopic (exact) mass is 378 g/mol. The maximum atomic E-state index is 11.7. The average molecular weight is 379 g/mol. The topological polar surface area (TPSA) is 72.5 Å². The number of hydrogen-bond acceptors (Lipinski definition) is 7. The van der Waals surface area contributed by atoms with Gasteiger partial charge in [-0.15, -0.1) is 0 Å². The van der Waals surface area contributed by atoms with Crippen LogP contribution in [0.3, 0.4) is 0 Å². The van der Waals surface area contributed by atoms with Gasteiger partial charge in [0.1, 0.15) is 0 Å². The molecule has 0 fully saturated rings. The number of carbonyl (C=O) groups excluding carboxylic acids is 1. The Morgan fingerprint density at radius 1 is 0.769 bits per heavy atom. The van der Waals surface area contributed by atoms with Crippen molar-refractivity contribution in [2.24, 2.45) is 0 Å². The third-order valence-electron chi connectivity index (χ3n) is 3.61. The zero-order chi connectivity index (χ0) is 20.2. The lowest BCUT2D eigenvalue weighted by Gasteiger charge is -2.26. The fourth-order valence-corrected chi connectivity index (χ4v) is 2.02. The molecular weight excluding hydrogens is 340 g/mol. The van der Waals surface area contributed by atoms with Crippen LogP contribution in [0.2, 0.25) is 0 Å². The molecule has 0 aromatic carbocycles. The maximum Gasteiger partial charge on any atom is 0.513 e. The summed E-state index contributed by atoms with van der Waals surface area (Å²) in [5.41, 5.74) is -0.905. The lowest BCUT2D eigenvalue weighted by atomic mass is 10.0. The van der Waals surface area contributed by atoms with Crippen LogP contribution >= 0.6 is 0 Å². The highest BCUT2D eigenvalue weighted by atomic mass is 17.2. The molecule has 0 rings (SSSR count). The minimum Gasteiger partial charge on any atom is -0.402 e. The summed E-state index contributed by atoms with van der Waals surface area (Å²) in [5.74, 6) is 0. The summed E-state index contributed by atoms with van der Waals surface area (Å²) in [4.78, 5) is 32.7. The molecule has 0 aliphatic carbocycles. The average Bonchev–Trinajstić information content (AvgIpc) is 2.55. The van der Waals surface area contributed by atoms with Gasteiger partial charge in [-0.2, -0.15) is 9.78 Å². The smallest absolute Gasteiger partial charge is 0.402 e. The number of hydrogen-bond donors (Lipinski definition) is 0. The lowest BCUT2D eigenvalue weighted by molar-refractivity contribution is -0.420. The van der Waals surface area contributed by atoms with Crippen molar-refractivity contribution in [3.8, 4) is 0 Å². The van der Waals surface area contributed by atoms with Crippen molar-refractivity contribution in [3.05, 3.63) is 0 Å². The zero-order valence-corrected chi connectivity index (χ0v) is 17.8. The van der Waals surface area contributed by atoms with Crippen molar-refractivity contribution in [1.29, 1.82) is 0 Å².